The second kappa shape index (κ2) is 5.32. The van der Waals surface area contributed by atoms with Crippen molar-refractivity contribution in [3.05, 3.63) is 29.3 Å². The number of hydrogen-bond donors (Lipinski definition) is 3. The standard InChI is InChI=1S/C13H21NO2/c1-8(7-13(16)10(3)14)11-4-5-12(15)9(2)6-11/h4-6,8,10,13,15-16H,7,14H2,1-3H3. The lowest BCUT2D eigenvalue weighted by atomic mass is 9.92. The molecule has 3 nitrogen and oxygen atoms in total. The zero-order valence-corrected chi connectivity index (χ0v) is 10.1. The molecule has 0 aliphatic rings. The van der Waals surface area contributed by atoms with E-state index in [9.17, 15) is 10.2 Å². The monoisotopic (exact) mass is 223 g/mol. The molecule has 1 aromatic rings. The minimum Gasteiger partial charge on any atom is -0.508 e. The maximum Gasteiger partial charge on any atom is 0.118 e. The van der Waals surface area contributed by atoms with Crippen LogP contribution in [0, 0.1) is 6.92 Å². The number of aromatic hydroxyl groups is 1. The lowest BCUT2D eigenvalue weighted by molar-refractivity contribution is 0.134. The molecule has 0 saturated heterocycles. The van der Waals surface area contributed by atoms with E-state index in [4.69, 9.17) is 5.73 Å². The van der Waals surface area contributed by atoms with Gasteiger partial charge in [0.1, 0.15) is 5.75 Å². The van der Waals surface area contributed by atoms with Crippen LogP contribution in [0.25, 0.3) is 0 Å². The molecule has 3 atom stereocenters. The van der Waals surface area contributed by atoms with E-state index in [1.165, 1.54) is 0 Å². The van der Waals surface area contributed by atoms with Crippen molar-refractivity contribution in [3.8, 4) is 5.75 Å². The second-order valence-corrected chi connectivity index (χ2v) is 4.61. The highest BCUT2D eigenvalue weighted by atomic mass is 16.3. The molecule has 0 amide bonds. The zero-order valence-electron chi connectivity index (χ0n) is 10.1. The molecule has 0 spiro atoms. The van der Waals surface area contributed by atoms with E-state index in [2.05, 4.69) is 6.92 Å². The lowest BCUT2D eigenvalue weighted by Crippen LogP contribution is -2.32. The molecule has 0 radical (unpaired) electrons. The van der Waals surface area contributed by atoms with Crippen molar-refractivity contribution in [2.75, 3.05) is 0 Å². The SMILES string of the molecule is Cc1cc(C(C)CC(O)C(C)N)ccc1O. The van der Waals surface area contributed by atoms with Gasteiger partial charge in [-0.25, -0.2) is 0 Å². The minimum atomic E-state index is -0.482. The van der Waals surface area contributed by atoms with E-state index < -0.39 is 6.10 Å². The van der Waals surface area contributed by atoms with Gasteiger partial charge in [0.2, 0.25) is 0 Å². The molecule has 3 unspecified atom stereocenters. The zero-order chi connectivity index (χ0) is 12.3. The fourth-order valence-electron chi connectivity index (χ4n) is 1.70. The summed E-state index contributed by atoms with van der Waals surface area (Å²) >= 11 is 0. The highest BCUT2D eigenvalue weighted by Crippen LogP contribution is 2.25. The van der Waals surface area contributed by atoms with Crippen LogP contribution < -0.4 is 5.73 Å². The summed E-state index contributed by atoms with van der Waals surface area (Å²) in [5, 5.41) is 19.1. The molecule has 0 bridgehead atoms. The second-order valence-electron chi connectivity index (χ2n) is 4.61. The molecule has 4 N–H and O–H groups in total. The first-order valence-electron chi connectivity index (χ1n) is 5.65. The number of phenolic OH excluding ortho intramolecular Hbond substituents is 1. The summed E-state index contributed by atoms with van der Waals surface area (Å²) in [6, 6.07) is 5.33. The van der Waals surface area contributed by atoms with E-state index >= 15 is 0 Å². The summed E-state index contributed by atoms with van der Waals surface area (Å²) in [5.74, 6) is 0.545. The first-order valence-corrected chi connectivity index (χ1v) is 5.65. The molecule has 0 aromatic heterocycles. The number of phenols is 1. The normalized spacial score (nSPS) is 16.8. The van der Waals surface area contributed by atoms with Crippen molar-refractivity contribution >= 4 is 0 Å². The molecule has 1 rings (SSSR count). The Morgan fingerprint density at radius 3 is 2.44 bits per heavy atom. The largest absolute Gasteiger partial charge is 0.508 e. The summed E-state index contributed by atoms with van der Waals surface area (Å²) in [4.78, 5) is 0. The quantitative estimate of drug-likeness (QED) is 0.730. The van der Waals surface area contributed by atoms with E-state index in [0.29, 0.717) is 12.2 Å². The molecule has 1 aromatic carbocycles. The lowest BCUT2D eigenvalue weighted by Gasteiger charge is -2.20. The molecule has 0 saturated carbocycles. The van der Waals surface area contributed by atoms with E-state index in [1.54, 1.807) is 13.0 Å². The molecule has 0 fully saturated rings. The summed E-state index contributed by atoms with van der Waals surface area (Å²) in [6.45, 7) is 5.73. The van der Waals surface area contributed by atoms with Gasteiger partial charge in [-0.1, -0.05) is 19.1 Å². The summed E-state index contributed by atoms with van der Waals surface area (Å²) in [7, 11) is 0. The average molecular weight is 223 g/mol. The highest BCUT2D eigenvalue weighted by molar-refractivity contribution is 5.36. The Morgan fingerprint density at radius 2 is 1.94 bits per heavy atom. The van der Waals surface area contributed by atoms with Crippen molar-refractivity contribution < 1.29 is 10.2 Å². The fraction of sp³-hybridized carbons (Fsp3) is 0.538. The summed E-state index contributed by atoms with van der Waals surface area (Å²) in [5.41, 5.74) is 7.61. The average Bonchev–Trinajstić information content (AvgIpc) is 2.21. The Balaban J connectivity index is 2.73. The number of aliphatic hydroxyl groups is 1. The van der Waals surface area contributed by atoms with Crippen LogP contribution in [0.4, 0.5) is 0 Å². The number of rotatable bonds is 4. The van der Waals surface area contributed by atoms with Crippen molar-refractivity contribution in [1.29, 1.82) is 0 Å². The Labute approximate surface area is 96.9 Å². The third kappa shape index (κ3) is 3.22. The van der Waals surface area contributed by atoms with Gasteiger partial charge in [-0.15, -0.1) is 0 Å². The number of nitrogens with two attached hydrogens (primary N) is 1. The highest BCUT2D eigenvalue weighted by Gasteiger charge is 2.15. The van der Waals surface area contributed by atoms with E-state index in [0.717, 1.165) is 11.1 Å². The number of benzene rings is 1. The van der Waals surface area contributed by atoms with Gasteiger partial charge < -0.3 is 15.9 Å². The van der Waals surface area contributed by atoms with Gasteiger partial charge in [0.15, 0.2) is 0 Å². The molecule has 0 aliphatic carbocycles. The molecule has 0 heterocycles. The molecular weight excluding hydrogens is 202 g/mol. The van der Waals surface area contributed by atoms with E-state index in [1.807, 2.05) is 19.1 Å². The van der Waals surface area contributed by atoms with Gasteiger partial charge in [-0.3, -0.25) is 0 Å². The van der Waals surface area contributed by atoms with Crippen molar-refractivity contribution in [2.24, 2.45) is 5.73 Å². The van der Waals surface area contributed by atoms with Gasteiger partial charge in [0.25, 0.3) is 0 Å². The van der Waals surface area contributed by atoms with Crippen LogP contribution in [0.2, 0.25) is 0 Å². The van der Waals surface area contributed by atoms with Crippen LogP contribution in [0.5, 0.6) is 5.75 Å². The molecule has 16 heavy (non-hydrogen) atoms. The first kappa shape index (κ1) is 13.0. The molecule has 3 heteroatoms. The number of hydrogen-bond acceptors (Lipinski definition) is 3. The van der Waals surface area contributed by atoms with Crippen LogP contribution in [-0.2, 0) is 0 Å². The van der Waals surface area contributed by atoms with Crippen molar-refractivity contribution in [3.63, 3.8) is 0 Å². The predicted molar refractivity (Wildman–Crippen MR) is 65.5 cm³/mol. The number of aryl methyl sites for hydroxylation is 1. The maximum absolute atomic E-state index is 9.71. The Hall–Kier alpha value is -1.06. The summed E-state index contributed by atoms with van der Waals surface area (Å²) in [6.07, 6.45) is 0.158. The minimum absolute atomic E-state index is 0.208. The van der Waals surface area contributed by atoms with Gasteiger partial charge in [0, 0.05) is 6.04 Å². The Morgan fingerprint density at radius 1 is 1.31 bits per heavy atom. The molecule has 90 valence electrons. The van der Waals surface area contributed by atoms with Crippen molar-refractivity contribution in [1.82, 2.24) is 0 Å². The fourth-order valence-corrected chi connectivity index (χ4v) is 1.70. The summed E-state index contributed by atoms with van der Waals surface area (Å²) < 4.78 is 0. The van der Waals surface area contributed by atoms with Crippen LogP contribution in [-0.4, -0.2) is 22.4 Å². The topological polar surface area (TPSA) is 66.5 Å². The molecular formula is C13H21NO2. The van der Waals surface area contributed by atoms with Crippen LogP contribution in [0.1, 0.15) is 37.3 Å². The van der Waals surface area contributed by atoms with Crippen LogP contribution in [0.3, 0.4) is 0 Å². The first-order chi connectivity index (χ1) is 7.41. The predicted octanol–water partition coefficient (Wildman–Crippen LogP) is 1.90. The third-order valence-electron chi connectivity index (χ3n) is 2.99. The van der Waals surface area contributed by atoms with Crippen LogP contribution in [0.15, 0.2) is 18.2 Å². The van der Waals surface area contributed by atoms with Gasteiger partial charge >= 0.3 is 0 Å². The Bertz CT molecular complexity index is 350. The van der Waals surface area contributed by atoms with Gasteiger partial charge in [0.05, 0.1) is 6.10 Å². The smallest absolute Gasteiger partial charge is 0.118 e. The van der Waals surface area contributed by atoms with Crippen LogP contribution >= 0.6 is 0 Å². The van der Waals surface area contributed by atoms with E-state index in [-0.39, 0.29) is 12.0 Å². The van der Waals surface area contributed by atoms with Gasteiger partial charge in [-0.05, 0) is 43.4 Å². The Kier molecular flexibility index (Phi) is 4.33. The maximum atomic E-state index is 9.71. The molecule has 0 aliphatic heterocycles. The van der Waals surface area contributed by atoms with Crippen molar-refractivity contribution in [2.45, 2.75) is 45.3 Å². The number of aliphatic hydroxyl groups excluding tert-OH is 1. The third-order valence-corrected chi connectivity index (χ3v) is 2.99. The van der Waals surface area contributed by atoms with Gasteiger partial charge in [-0.2, -0.15) is 0 Å².